The number of carbonyl (C=O) groups is 1. The van der Waals surface area contributed by atoms with Gasteiger partial charge in [-0.1, -0.05) is 18.2 Å². The number of methoxy groups -OCH3 is 1. The number of rotatable bonds is 4. The molecular formula is C14H17N3O2. The van der Waals surface area contributed by atoms with Crippen LogP contribution < -0.4 is 11.1 Å². The molecule has 19 heavy (non-hydrogen) atoms. The first-order valence-corrected chi connectivity index (χ1v) is 5.92. The summed E-state index contributed by atoms with van der Waals surface area (Å²) in [4.78, 5) is 12.2. The third kappa shape index (κ3) is 2.95. The van der Waals surface area contributed by atoms with Crippen molar-refractivity contribution in [2.24, 2.45) is 7.05 Å². The molecule has 0 bridgehead atoms. The predicted octanol–water partition coefficient (Wildman–Crippen LogP) is 2.01. The van der Waals surface area contributed by atoms with Crippen molar-refractivity contribution >= 4 is 17.3 Å². The Bertz CT molecular complexity index is 590. The highest BCUT2D eigenvalue weighted by atomic mass is 16.5. The van der Waals surface area contributed by atoms with Crippen LogP contribution in [0.1, 0.15) is 16.1 Å². The van der Waals surface area contributed by atoms with Gasteiger partial charge in [0.25, 0.3) is 5.91 Å². The molecule has 0 aliphatic heterocycles. The first-order chi connectivity index (χ1) is 9.11. The second-order valence-corrected chi connectivity index (χ2v) is 4.31. The lowest BCUT2D eigenvalue weighted by Gasteiger charge is -2.10. The minimum Gasteiger partial charge on any atom is -0.397 e. The molecule has 0 saturated heterocycles. The van der Waals surface area contributed by atoms with Crippen LogP contribution in [0, 0.1) is 0 Å². The van der Waals surface area contributed by atoms with E-state index in [4.69, 9.17) is 10.5 Å². The van der Waals surface area contributed by atoms with E-state index < -0.39 is 0 Å². The van der Waals surface area contributed by atoms with E-state index >= 15 is 0 Å². The van der Waals surface area contributed by atoms with E-state index in [1.54, 1.807) is 31.0 Å². The Morgan fingerprint density at radius 2 is 2.16 bits per heavy atom. The maximum atomic E-state index is 12.2. The van der Waals surface area contributed by atoms with Crippen LogP contribution in [-0.4, -0.2) is 17.6 Å². The first kappa shape index (κ1) is 13.2. The molecule has 1 heterocycles. The molecule has 0 fully saturated rings. The third-order valence-electron chi connectivity index (χ3n) is 2.82. The highest BCUT2D eigenvalue weighted by molar-refractivity contribution is 6.04. The predicted molar refractivity (Wildman–Crippen MR) is 74.9 cm³/mol. The first-order valence-electron chi connectivity index (χ1n) is 5.92. The molecule has 1 aromatic carbocycles. The van der Waals surface area contributed by atoms with E-state index in [2.05, 4.69) is 5.32 Å². The Morgan fingerprint density at radius 3 is 2.79 bits per heavy atom. The number of nitrogen functional groups attached to an aromatic ring is 1. The van der Waals surface area contributed by atoms with E-state index in [1.807, 2.05) is 24.3 Å². The molecule has 0 aliphatic carbocycles. The van der Waals surface area contributed by atoms with E-state index in [0.717, 1.165) is 11.3 Å². The standard InChI is InChI=1S/C14H17N3O2/c1-17-8-11(15)7-13(17)14(18)16-12-6-4-3-5-10(12)9-19-2/h3-8H,9,15H2,1-2H3,(H,16,18). The highest BCUT2D eigenvalue weighted by Crippen LogP contribution is 2.18. The second kappa shape index (κ2) is 5.58. The number of ether oxygens (including phenoxy) is 1. The summed E-state index contributed by atoms with van der Waals surface area (Å²) in [6.45, 7) is 0.450. The van der Waals surface area contributed by atoms with Crippen LogP contribution in [-0.2, 0) is 18.4 Å². The van der Waals surface area contributed by atoms with E-state index in [1.165, 1.54) is 0 Å². The molecule has 100 valence electrons. The van der Waals surface area contributed by atoms with E-state index in [0.29, 0.717) is 18.0 Å². The summed E-state index contributed by atoms with van der Waals surface area (Å²) in [5.74, 6) is -0.192. The number of amides is 1. The molecule has 5 heteroatoms. The fourth-order valence-electron chi connectivity index (χ4n) is 1.93. The van der Waals surface area contributed by atoms with Crippen LogP contribution in [0.5, 0.6) is 0 Å². The molecule has 2 rings (SSSR count). The summed E-state index contributed by atoms with van der Waals surface area (Å²) in [5, 5.41) is 2.87. The number of para-hydroxylation sites is 1. The van der Waals surface area contributed by atoms with Gasteiger partial charge in [-0.15, -0.1) is 0 Å². The topological polar surface area (TPSA) is 69.3 Å². The average Bonchev–Trinajstić information content (AvgIpc) is 2.71. The molecule has 1 aromatic heterocycles. The minimum absolute atomic E-state index is 0.192. The Morgan fingerprint density at radius 1 is 1.42 bits per heavy atom. The molecule has 5 nitrogen and oxygen atoms in total. The van der Waals surface area contributed by atoms with Crippen LogP contribution in [0.15, 0.2) is 36.5 Å². The van der Waals surface area contributed by atoms with Gasteiger partial charge in [-0.3, -0.25) is 4.79 Å². The number of aryl methyl sites for hydroxylation is 1. The molecule has 2 aromatic rings. The Hall–Kier alpha value is -2.27. The van der Waals surface area contributed by atoms with Crippen LogP contribution >= 0.6 is 0 Å². The smallest absolute Gasteiger partial charge is 0.272 e. The molecule has 0 atom stereocenters. The quantitative estimate of drug-likeness (QED) is 0.882. The number of aromatic nitrogens is 1. The second-order valence-electron chi connectivity index (χ2n) is 4.31. The summed E-state index contributed by atoms with van der Waals surface area (Å²) < 4.78 is 6.81. The number of anilines is 2. The number of hydrogen-bond acceptors (Lipinski definition) is 3. The zero-order valence-electron chi connectivity index (χ0n) is 11.0. The molecule has 0 saturated carbocycles. The fourth-order valence-corrected chi connectivity index (χ4v) is 1.93. The average molecular weight is 259 g/mol. The minimum atomic E-state index is -0.192. The summed E-state index contributed by atoms with van der Waals surface area (Å²) in [6.07, 6.45) is 1.70. The summed E-state index contributed by atoms with van der Waals surface area (Å²) in [7, 11) is 3.41. The van der Waals surface area contributed by atoms with E-state index in [-0.39, 0.29) is 5.91 Å². The van der Waals surface area contributed by atoms with Gasteiger partial charge in [-0.25, -0.2) is 0 Å². The van der Waals surface area contributed by atoms with Crippen LogP contribution in [0.2, 0.25) is 0 Å². The summed E-state index contributed by atoms with van der Waals surface area (Å²) >= 11 is 0. The van der Waals surface area contributed by atoms with Gasteiger partial charge in [0.2, 0.25) is 0 Å². The molecule has 3 N–H and O–H groups in total. The van der Waals surface area contributed by atoms with Gasteiger partial charge in [0.15, 0.2) is 0 Å². The lowest BCUT2D eigenvalue weighted by Crippen LogP contribution is -2.16. The van der Waals surface area contributed by atoms with Crippen molar-refractivity contribution in [3.63, 3.8) is 0 Å². The van der Waals surface area contributed by atoms with Crippen molar-refractivity contribution < 1.29 is 9.53 Å². The molecule has 0 spiro atoms. The lowest BCUT2D eigenvalue weighted by atomic mass is 10.2. The number of nitrogens with one attached hydrogen (secondary N) is 1. The lowest BCUT2D eigenvalue weighted by molar-refractivity contribution is 0.101. The van der Waals surface area contributed by atoms with Crippen molar-refractivity contribution in [1.82, 2.24) is 4.57 Å². The Balaban J connectivity index is 2.21. The molecular weight excluding hydrogens is 242 g/mol. The van der Waals surface area contributed by atoms with Gasteiger partial charge in [0, 0.05) is 31.6 Å². The van der Waals surface area contributed by atoms with Gasteiger partial charge in [0.05, 0.1) is 12.3 Å². The van der Waals surface area contributed by atoms with E-state index in [9.17, 15) is 4.79 Å². The normalized spacial score (nSPS) is 10.4. The summed E-state index contributed by atoms with van der Waals surface area (Å²) in [6, 6.07) is 9.18. The monoisotopic (exact) mass is 259 g/mol. The SMILES string of the molecule is COCc1ccccc1NC(=O)c1cc(N)cn1C. The maximum absolute atomic E-state index is 12.2. The summed E-state index contributed by atoms with van der Waals surface area (Å²) in [5.41, 5.74) is 8.43. The maximum Gasteiger partial charge on any atom is 0.272 e. The van der Waals surface area contributed by atoms with Gasteiger partial charge < -0.3 is 20.4 Å². The van der Waals surface area contributed by atoms with Crippen LogP contribution in [0.4, 0.5) is 11.4 Å². The van der Waals surface area contributed by atoms with Crippen molar-refractivity contribution in [2.75, 3.05) is 18.2 Å². The van der Waals surface area contributed by atoms with Gasteiger partial charge in [-0.2, -0.15) is 0 Å². The van der Waals surface area contributed by atoms with Crippen LogP contribution in [0.25, 0.3) is 0 Å². The van der Waals surface area contributed by atoms with Crippen molar-refractivity contribution in [2.45, 2.75) is 6.61 Å². The molecule has 0 unspecified atom stereocenters. The Kier molecular flexibility index (Phi) is 3.87. The number of benzene rings is 1. The third-order valence-corrected chi connectivity index (χ3v) is 2.82. The number of carbonyl (C=O) groups excluding carboxylic acids is 1. The number of nitrogens with zero attached hydrogens (tertiary/aromatic N) is 1. The van der Waals surface area contributed by atoms with Gasteiger partial charge in [0.1, 0.15) is 5.69 Å². The molecule has 0 aliphatic rings. The number of hydrogen-bond donors (Lipinski definition) is 2. The largest absolute Gasteiger partial charge is 0.397 e. The van der Waals surface area contributed by atoms with Gasteiger partial charge >= 0.3 is 0 Å². The van der Waals surface area contributed by atoms with Crippen molar-refractivity contribution in [1.29, 1.82) is 0 Å². The van der Waals surface area contributed by atoms with Crippen molar-refractivity contribution in [3.05, 3.63) is 47.8 Å². The van der Waals surface area contributed by atoms with Crippen LogP contribution in [0.3, 0.4) is 0 Å². The molecule has 1 amide bonds. The zero-order chi connectivity index (χ0) is 13.8. The highest BCUT2D eigenvalue weighted by Gasteiger charge is 2.12. The van der Waals surface area contributed by atoms with Crippen molar-refractivity contribution in [3.8, 4) is 0 Å². The number of nitrogens with two attached hydrogens (primary N) is 1. The fraction of sp³-hybridized carbons (Fsp3) is 0.214. The molecule has 0 radical (unpaired) electrons. The Labute approximate surface area is 112 Å². The zero-order valence-corrected chi connectivity index (χ0v) is 11.0. The van der Waals surface area contributed by atoms with Gasteiger partial charge in [-0.05, 0) is 12.1 Å².